The smallest absolute Gasteiger partial charge is 0.191 e. The van der Waals surface area contributed by atoms with Crippen molar-refractivity contribution in [1.29, 1.82) is 0 Å². The second-order valence-corrected chi connectivity index (χ2v) is 5.59. The first kappa shape index (κ1) is 15.3. The lowest BCUT2D eigenvalue weighted by molar-refractivity contribution is 0.114. The number of nitrogens with one attached hydrogen (secondary N) is 2. The van der Waals surface area contributed by atoms with E-state index in [4.69, 9.17) is 4.74 Å². The summed E-state index contributed by atoms with van der Waals surface area (Å²) in [4.78, 5) is 4.12. The van der Waals surface area contributed by atoms with Crippen LogP contribution in [0.15, 0.2) is 27.7 Å². The summed E-state index contributed by atoms with van der Waals surface area (Å²) in [7, 11) is 1.70. The van der Waals surface area contributed by atoms with Crippen molar-refractivity contribution >= 4 is 21.9 Å². The minimum absolute atomic E-state index is 0.235. The zero-order valence-corrected chi connectivity index (χ0v) is 13.0. The number of hydrogen-bond donors (Lipinski definition) is 2. The maximum Gasteiger partial charge on any atom is 0.191 e. The Morgan fingerprint density at radius 1 is 1.50 bits per heavy atom. The van der Waals surface area contributed by atoms with Gasteiger partial charge in [-0.25, -0.2) is 4.39 Å². The lowest BCUT2D eigenvalue weighted by Crippen LogP contribution is -2.40. The van der Waals surface area contributed by atoms with E-state index in [9.17, 15) is 4.39 Å². The Kier molecular flexibility index (Phi) is 5.79. The van der Waals surface area contributed by atoms with Crippen LogP contribution in [0.25, 0.3) is 0 Å². The molecular formula is C14H19BrFN3O. The lowest BCUT2D eigenvalue weighted by atomic mass is 10.2. The van der Waals surface area contributed by atoms with Gasteiger partial charge in [0.25, 0.3) is 0 Å². The van der Waals surface area contributed by atoms with Gasteiger partial charge in [0.15, 0.2) is 5.96 Å². The molecule has 1 atom stereocenters. The molecule has 0 aliphatic carbocycles. The Balaban J connectivity index is 1.81. The van der Waals surface area contributed by atoms with Crippen LogP contribution in [0.4, 0.5) is 4.39 Å². The number of nitrogens with zero attached hydrogens (tertiary/aromatic N) is 1. The summed E-state index contributed by atoms with van der Waals surface area (Å²) in [5.41, 5.74) is 0.605. The van der Waals surface area contributed by atoms with Gasteiger partial charge in [0.2, 0.25) is 0 Å². The van der Waals surface area contributed by atoms with E-state index in [2.05, 4.69) is 31.6 Å². The molecule has 1 heterocycles. The molecule has 1 unspecified atom stereocenters. The summed E-state index contributed by atoms with van der Waals surface area (Å²) in [6.07, 6.45) is 2.44. The number of hydrogen-bond acceptors (Lipinski definition) is 2. The van der Waals surface area contributed by atoms with Gasteiger partial charge in [0.1, 0.15) is 5.82 Å². The maximum atomic E-state index is 13.7. The minimum Gasteiger partial charge on any atom is -0.376 e. The highest BCUT2D eigenvalue weighted by Gasteiger charge is 2.15. The van der Waals surface area contributed by atoms with Gasteiger partial charge < -0.3 is 15.4 Å². The third kappa shape index (κ3) is 4.45. The number of ether oxygens (including phenoxy) is 1. The third-order valence-electron chi connectivity index (χ3n) is 3.21. The van der Waals surface area contributed by atoms with Gasteiger partial charge in [-0.05, 0) is 25.0 Å². The highest BCUT2D eigenvalue weighted by molar-refractivity contribution is 9.10. The molecule has 20 heavy (non-hydrogen) atoms. The normalized spacial score (nSPS) is 19.1. The molecule has 2 N–H and O–H groups in total. The number of guanidine groups is 1. The molecule has 2 rings (SSSR count). The summed E-state index contributed by atoms with van der Waals surface area (Å²) in [6.45, 7) is 1.95. The zero-order valence-electron chi connectivity index (χ0n) is 11.5. The van der Waals surface area contributed by atoms with Gasteiger partial charge in [0, 0.05) is 36.8 Å². The zero-order chi connectivity index (χ0) is 14.4. The van der Waals surface area contributed by atoms with Crippen LogP contribution >= 0.6 is 15.9 Å². The van der Waals surface area contributed by atoms with Crippen LogP contribution < -0.4 is 10.6 Å². The lowest BCUT2D eigenvalue weighted by Gasteiger charge is -2.15. The molecule has 0 aromatic heterocycles. The van der Waals surface area contributed by atoms with Crippen molar-refractivity contribution in [2.45, 2.75) is 25.5 Å². The Bertz CT molecular complexity index is 475. The Morgan fingerprint density at radius 3 is 3.00 bits per heavy atom. The number of halogens is 2. The predicted octanol–water partition coefficient (Wildman–Crippen LogP) is 2.43. The van der Waals surface area contributed by atoms with E-state index in [1.165, 1.54) is 6.07 Å². The number of benzene rings is 1. The first-order valence-corrected chi connectivity index (χ1v) is 7.48. The highest BCUT2D eigenvalue weighted by Crippen LogP contribution is 2.15. The second kappa shape index (κ2) is 7.59. The number of aliphatic imine (C=N–C) groups is 1. The SMILES string of the molecule is CN=C(NCc1ccc(Br)cc1F)NCC1CCCO1. The van der Waals surface area contributed by atoms with Crippen LogP contribution in [-0.2, 0) is 11.3 Å². The van der Waals surface area contributed by atoms with Crippen LogP contribution in [0.1, 0.15) is 18.4 Å². The molecule has 0 bridgehead atoms. The average molecular weight is 344 g/mol. The predicted molar refractivity (Wildman–Crippen MR) is 81.3 cm³/mol. The second-order valence-electron chi connectivity index (χ2n) is 4.68. The maximum absolute atomic E-state index is 13.7. The molecule has 1 aliphatic rings. The molecule has 0 amide bonds. The molecule has 1 aromatic carbocycles. The first-order chi connectivity index (χ1) is 9.69. The molecule has 1 fully saturated rings. The van der Waals surface area contributed by atoms with Gasteiger partial charge in [0.05, 0.1) is 6.10 Å². The van der Waals surface area contributed by atoms with E-state index >= 15 is 0 Å². The van der Waals surface area contributed by atoms with Gasteiger partial charge in [-0.2, -0.15) is 0 Å². The van der Waals surface area contributed by atoms with Crippen molar-refractivity contribution < 1.29 is 9.13 Å². The summed E-state index contributed by atoms with van der Waals surface area (Å²) in [5.74, 6) is 0.421. The molecule has 0 radical (unpaired) electrons. The molecule has 6 heteroatoms. The summed E-state index contributed by atoms with van der Waals surface area (Å²) in [5, 5.41) is 6.29. The van der Waals surface area contributed by atoms with Crippen molar-refractivity contribution in [2.24, 2.45) is 4.99 Å². The van der Waals surface area contributed by atoms with E-state index < -0.39 is 0 Å². The van der Waals surface area contributed by atoms with E-state index in [-0.39, 0.29) is 11.9 Å². The van der Waals surface area contributed by atoms with Gasteiger partial charge in [-0.15, -0.1) is 0 Å². The number of rotatable bonds is 4. The molecular weight excluding hydrogens is 325 g/mol. The van der Waals surface area contributed by atoms with Crippen molar-refractivity contribution in [1.82, 2.24) is 10.6 Å². The van der Waals surface area contributed by atoms with E-state index in [1.807, 2.05) is 6.07 Å². The van der Waals surface area contributed by atoms with Crippen LogP contribution in [0.3, 0.4) is 0 Å². The van der Waals surface area contributed by atoms with Crippen LogP contribution in [0, 0.1) is 5.82 Å². The van der Waals surface area contributed by atoms with Gasteiger partial charge >= 0.3 is 0 Å². The van der Waals surface area contributed by atoms with E-state index in [0.717, 1.165) is 30.5 Å². The van der Waals surface area contributed by atoms with Crippen molar-refractivity contribution in [3.05, 3.63) is 34.1 Å². The molecule has 0 saturated carbocycles. The molecule has 1 aliphatic heterocycles. The summed E-state index contributed by atoms with van der Waals surface area (Å²) < 4.78 is 20.0. The average Bonchev–Trinajstić information content (AvgIpc) is 2.94. The van der Waals surface area contributed by atoms with Crippen LogP contribution in [-0.4, -0.2) is 32.3 Å². The highest BCUT2D eigenvalue weighted by atomic mass is 79.9. The minimum atomic E-state index is -0.235. The summed E-state index contributed by atoms with van der Waals surface area (Å²) >= 11 is 3.24. The Morgan fingerprint density at radius 2 is 2.35 bits per heavy atom. The molecule has 1 aromatic rings. The monoisotopic (exact) mass is 343 g/mol. The van der Waals surface area contributed by atoms with E-state index in [0.29, 0.717) is 18.1 Å². The van der Waals surface area contributed by atoms with Crippen molar-refractivity contribution in [3.8, 4) is 0 Å². The van der Waals surface area contributed by atoms with Gasteiger partial charge in [-0.1, -0.05) is 22.0 Å². The Hall–Kier alpha value is -1.14. The molecule has 0 spiro atoms. The molecule has 4 nitrogen and oxygen atoms in total. The van der Waals surface area contributed by atoms with Crippen LogP contribution in [0.5, 0.6) is 0 Å². The van der Waals surface area contributed by atoms with Crippen LogP contribution in [0.2, 0.25) is 0 Å². The van der Waals surface area contributed by atoms with Crippen molar-refractivity contribution in [2.75, 3.05) is 20.2 Å². The topological polar surface area (TPSA) is 45.7 Å². The molecule has 110 valence electrons. The summed E-state index contributed by atoms with van der Waals surface area (Å²) in [6, 6.07) is 5.03. The van der Waals surface area contributed by atoms with Gasteiger partial charge in [-0.3, -0.25) is 4.99 Å². The fraction of sp³-hybridized carbons (Fsp3) is 0.500. The van der Waals surface area contributed by atoms with E-state index in [1.54, 1.807) is 13.1 Å². The third-order valence-corrected chi connectivity index (χ3v) is 3.70. The largest absolute Gasteiger partial charge is 0.376 e. The fourth-order valence-corrected chi connectivity index (χ4v) is 2.41. The van der Waals surface area contributed by atoms with Crippen molar-refractivity contribution in [3.63, 3.8) is 0 Å². The first-order valence-electron chi connectivity index (χ1n) is 6.69. The quantitative estimate of drug-likeness (QED) is 0.652. The Labute approximate surface area is 126 Å². The molecule has 1 saturated heterocycles. The standard InChI is InChI=1S/C14H19BrFN3O/c1-17-14(19-9-12-3-2-6-20-12)18-8-10-4-5-11(15)7-13(10)16/h4-5,7,12H,2-3,6,8-9H2,1H3,(H2,17,18,19). The fourth-order valence-electron chi connectivity index (χ4n) is 2.08.